The Kier molecular flexibility index (Phi) is 6.22. The largest absolute Gasteiger partial charge is 0.478 e. The number of esters is 1. The van der Waals surface area contributed by atoms with Crippen molar-refractivity contribution in [3.63, 3.8) is 0 Å². The molecule has 7 heteroatoms. The minimum absolute atomic E-state index is 0.224. The molecule has 156 valence electrons. The maximum absolute atomic E-state index is 12.6. The molecule has 0 unspecified atom stereocenters. The van der Waals surface area contributed by atoms with Gasteiger partial charge in [0.15, 0.2) is 0 Å². The van der Waals surface area contributed by atoms with Crippen LogP contribution in [0.5, 0.6) is 0 Å². The molecule has 1 N–H and O–H groups in total. The predicted molar refractivity (Wildman–Crippen MR) is 119 cm³/mol. The van der Waals surface area contributed by atoms with E-state index in [0.717, 1.165) is 32.4 Å². The van der Waals surface area contributed by atoms with E-state index in [0.29, 0.717) is 17.9 Å². The first-order valence-corrected chi connectivity index (χ1v) is 10.4. The Bertz CT molecular complexity index is 1140. The molecule has 0 saturated heterocycles. The van der Waals surface area contributed by atoms with Gasteiger partial charge in [-0.25, -0.2) is 9.59 Å². The van der Waals surface area contributed by atoms with Gasteiger partial charge in [0.1, 0.15) is 5.00 Å². The van der Waals surface area contributed by atoms with E-state index in [9.17, 15) is 9.59 Å². The maximum atomic E-state index is 12.6. The molecule has 0 saturated carbocycles. The summed E-state index contributed by atoms with van der Waals surface area (Å²) in [7, 11) is 0. The Morgan fingerprint density at radius 3 is 2.43 bits per heavy atom. The third-order valence-electron chi connectivity index (χ3n) is 4.99. The van der Waals surface area contributed by atoms with Gasteiger partial charge in [0.25, 0.3) is 0 Å². The van der Waals surface area contributed by atoms with Crippen molar-refractivity contribution in [3.05, 3.63) is 68.9 Å². The standard InChI is InChI=1S/C23H24N2O4S/c1-6-29-23(28)20-14(3)16(5)30-21(20)25-13(2)11-18(15(25)4)12-24-19-9-7-17(8-10-19)22(26)27/h7-12H,6H2,1-5H3,(H,26,27). The van der Waals surface area contributed by atoms with Gasteiger partial charge in [-0.3, -0.25) is 4.99 Å². The number of aromatic nitrogens is 1. The predicted octanol–water partition coefficient (Wildman–Crippen LogP) is 5.40. The number of aromatic carboxylic acids is 1. The molecule has 3 rings (SSSR count). The Labute approximate surface area is 179 Å². The Balaban J connectivity index is 2.00. The van der Waals surface area contributed by atoms with Crippen molar-refractivity contribution < 1.29 is 19.4 Å². The van der Waals surface area contributed by atoms with Gasteiger partial charge in [-0.05, 0) is 70.5 Å². The second kappa shape index (κ2) is 8.67. The fourth-order valence-corrected chi connectivity index (χ4v) is 4.53. The molecule has 0 spiro atoms. The van der Waals surface area contributed by atoms with E-state index in [-0.39, 0.29) is 11.5 Å². The number of carbonyl (C=O) groups excluding carboxylic acids is 1. The van der Waals surface area contributed by atoms with Crippen molar-refractivity contribution >= 4 is 35.2 Å². The number of hydrogen-bond donors (Lipinski definition) is 1. The average Bonchev–Trinajstić information content (AvgIpc) is 3.15. The van der Waals surface area contributed by atoms with Crippen molar-refractivity contribution in [2.75, 3.05) is 6.61 Å². The summed E-state index contributed by atoms with van der Waals surface area (Å²) < 4.78 is 7.35. The molecule has 0 fully saturated rings. The van der Waals surface area contributed by atoms with Crippen LogP contribution in [0.1, 0.15) is 55.0 Å². The first kappa shape index (κ1) is 21.5. The van der Waals surface area contributed by atoms with Crippen LogP contribution in [0.2, 0.25) is 0 Å². The fourth-order valence-electron chi connectivity index (χ4n) is 3.28. The minimum atomic E-state index is -0.965. The number of carboxylic acid groups (broad SMARTS) is 1. The first-order valence-electron chi connectivity index (χ1n) is 9.58. The average molecular weight is 425 g/mol. The van der Waals surface area contributed by atoms with Crippen molar-refractivity contribution in [2.24, 2.45) is 4.99 Å². The lowest BCUT2D eigenvalue weighted by Crippen LogP contribution is -2.10. The van der Waals surface area contributed by atoms with E-state index >= 15 is 0 Å². The molecule has 0 radical (unpaired) electrons. The van der Waals surface area contributed by atoms with Crippen LogP contribution in [-0.2, 0) is 4.74 Å². The summed E-state index contributed by atoms with van der Waals surface area (Å²) in [5, 5.41) is 9.86. The zero-order chi connectivity index (χ0) is 22.0. The summed E-state index contributed by atoms with van der Waals surface area (Å²) in [6, 6.07) is 8.42. The lowest BCUT2D eigenvalue weighted by Gasteiger charge is -2.10. The number of aryl methyl sites for hydroxylation is 2. The summed E-state index contributed by atoms with van der Waals surface area (Å²) >= 11 is 1.57. The van der Waals surface area contributed by atoms with Crippen molar-refractivity contribution in [1.29, 1.82) is 0 Å². The number of ether oxygens (including phenoxy) is 1. The molecule has 6 nitrogen and oxygen atoms in total. The Hall–Kier alpha value is -3.19. The highest BCUT2D eigenvalue weighted by Gasteiger charge is 2.24. The SMILES string of the molecule is CCOC(=O)c1c(-n2c(C)cc(C=Nc3ccc(C(=O)O)cc3)c2C)sc(C)c1C. The molecule has 0 atom stereocenters. The zero-order valence-electron chi connectivity index (χ0n) is 17.6. The van der Waals surface area contributed by atoms with E-state index in [1.807, 2.05) is 33.8 Å². The highest BCUT2D eigenvalue weighted by atomic mass is 32.1. The van der Waals surface area contributed by atoms with E-state index in [4.69, 9.17) is 9.84 Å². The van der Waals surface area contributed by atoms with Crippen LogP contribution in [0, 0.1) is 27.7 Å². The van der Waals surface area contributed by atoms with Crippen LogP contribution in [-0.4, -0.2) is 34.4 Å². The van der Waals surface area contributed by atoms with Crippen LogP contribution >= 0.6 is 11.3 Å². The third kappa shape index (κ3) is 4.07. The molecule has 1 aromatic carbocycles. The summed E-state index contributed by atoms with van der Waals surface area (Å²) in [5.41, 5.74) is 5.31. The summed E-state index contributed by atoms with van der Waals surface area (Å²) in [4.78, 5) is 29.1. The molecule has 2 heterocycles. The van der Waals surface area contributed by atoms with Gasteiger partial charge in [-0.2, -0.15) is 0 Å². The first-order chi connectivity index (χ1) is 14.2. The number of carboxylic acids is 1. The van der Waals surface area contributed by atoms with E-state index < -0.39 is 5.97 Å². The van der Waals surface area contributed by atoms with E-state index in [1.54, 1.807) is 36.6 Å². The van der Waals surface area contributed by atoms with E-state index in [1.165, 1.54) is 12.1 Å². The smallest absolute Gasteiger partial charge is 0.341 e. The summed E-state index contributed by atoms with van der Waals surface area (Å²) in [6.45, 7) is 10.1. The summed E-state index contributed by atoms with van der Waals surface area (Å²) in [6.07, 6.45) is 1.76. The van der Waals surface area contributed by atoms with Crippen LogP contribution in [0.3, 0.4) is 0 Å². The second-order valence-corrected chi connectivity index (χ2v) is 8.16. The number of benzene rings is 1. The second-order valence-electron chi connectivity index (χ2n) is 6.96. The quantitative estimate of drug-likeness (QED) is 0.424. The molecule has 0 aliphatic carbocycles. The van der Waals surface area contributed by atoms with Crippen molar-refractivity contribution in [3.8, 4) is 5.00 Å². The normalized spacial score (nSPS) is 11.2. The highest BCUT2D eigenvalue weighted by molar-refractivity contribution is 7.15. The molecule has 0 amide bonds. The third-order valence-corrected chi connectivity index (χ3v) is 6.18. The fraction of sp³-hybridized carbons (Fsp3) is 0.261. The molecular weight excluding hydrogens is 400 g/mol. The molecule has 0 bridgehead atoms. The van der Waals surface area contributed by atoms with Gasteiger partial charge in [0.2, 0.25) is 0 Å². The van der Waals surface area contributed by atoms with Gasteiger partial charge in [0, 0.05) is 28.0 Å². The number of rotatable bonds is 6. The van der Waals surface area contributed by atoms with Crippen LogP contribution in [0.15, 0.2) is 35.3 Å². The Morgan fingerprint density at radius 2 is 1.83 bits per heavy atom. The maximum Gasteiger partial charge on any atom is 0.341 e. The summed E-state index contributed by atoms with van der Waals surface area (Å²) in [5.74, 6) is -1.27. The molecule has 30 heavy (non-hydrogen) atoms. The Morgan fingerprint density at radius 1 is 1.17 bits per heavy atom. The van der Waals surface area contributed by atoms with Crippen LogP contribution in [0.25, 0.3) is 5.00 Å². The number of hydrogen-bond acceptors (Lipinski definition) is 5. The minimum Gasteiger partial charge on any atom is -0.478 e. The van der Waals surface area contributed by atoms with Gasteiger partial charge < -0.3 is 14.4 Å². The topological polar surface area (TPSA) is 80.9 Å². The number of aliphatic imine (C=N–C) groups is 1. The van der Waals surface area contributed by atoms with Crippen LogP contribution < -0.4 is 0 Å². The number of carbonyl (C=O) groups is 2. The molecule has 2 aromatic heterocycles. The number of thiophene rings is 1. The lowest BCUT2D eigenvalue weighted by molar-refractivity contribution is 0.0525. The van der Waals surface area contributed by atoms with Crippen LogP contribution in [0.4, 0.5) is 5.69 Å². The number of nitrogens with zero attached hydrogens (tertiary/aromatic N) is 2. The van der Waals surface area contributed by atoms with Gasteiger partial charge in [-0.1, -0.05) is 0 Å². The highest BCUT2D eigenvalue weighted by Crippen LogP contribution is 2.34. The van der Waals surface area contributed by atoms with Crippen molar-refractivity contribution in [2.45, 2.75) is 34.6 Å². The van der Waals surface area contributed by atoms with Gasteiger partial charge in [-0.15, -0.1) is 11.3 Å². The van der Waals surface area contributed by atoms with Gasteiger partial charge >= 0.3 is 11.9 Å². The molecule has 0 aliphatic rings. The molecular formula is C23H24N2O4S. The van der Waals surface area contributed by atoms with Gasteiger partial charge in [0.05, 0.1) is 23.4 Å². The monoisotopic (exact) mass is 424 g/mol. The zero-order valence-corrected chi connectivity index (χ0v) is 18.5. The molecule has 0 aliphatic heterocycles. The van der Waals surface area contributed by atoms with Crippen molar-refractivity contribution in [1.82, 2.24) is 4.57 Å². The van der Waals surface area contributed by atoms with E-state index in [2.05, 4.69) is 9.56 Å². The lowest BCUT2D eigenvalue weighted by atomic mass is 10.1. The molecule has 3 aromatic rings.